The van der Waals surface area contributed by atoms with Crippen LogP contribution in [0, 0.1) is 5.82 Å². The van der Waals surface area contributed by atoms with E-state index in [1.54, 1.807) is 30.5 Å². The molecule has 9 heteroatoms. The maximum atomic E-state index is 14.5. The van der Waals surface area contributed by atoms with Crippen molar-refractivity contribution in [2.45, 2.75) is 44.6 Å². The number of nitrogen functional groups attached to an aromatic ring is 1. The molecule has 2 aromatic carbocycles. The summed E-state index contributed by atoms with van der Waals surface area (Å²) in [5.74, 6) is 1.84. The summed E-state index contributed by atoms with van der Waals surface area (Å²) in [7, 11) is 1.41. The smallest absolute Gasteiger partial charge is 0.218 e. The van der Waals surface area contributed by atoms with Gasteiger partial charge in [0.15, 0.2) is 11.5 Å². The maximum Gasteiger partial charge on any atom is 0.218 e. The lowest BCUT2D eigenvalue weighted by Gasteiger charge is -2.25. The summed E-state index contributed by atoms with van der Waals surface area (Å²) in [4.78, 5) is 9.36. The topological polar surface area (TPSA) is 104 Å². The van der Waals surface area contributed by atoms with Crippen LogP contribution in [0.2, 0.25) is 0 Å². The molecule has 0 radical (unpaired) electrons. The Hall–Kier alpha value is -3.85. The Kier molecular flexibility index (Phi) is 6.65. The first-order chi connectivity index (χ1) is 17.5. The summed E-state index contributed by atoms with van der Waals surface area (Å²) in [6.45, 7) is 2.38. The van der Waals surface area contributed by atoms with E-state index in [9.17, 15) is 9.50 Å². The highest BCUT2D eigenvalue weighted by Gasteiger charge is 2.29. The van der Waals surface area contributed by atoms with Gasteiger partial charge in [-0.05, 0) is 62.6 Å². The van der Waals surface area contributed by atoms with Gasteiger partial charge in [0.1, 0.15) is 28.6 Å². The molecule has 0 saturated heterocycles. The fourth-order valence-electron chi connectivity index (χ4n) is 4.80. The quantitative estimate of drug-likeness (QED) is 0.359. The molecule has 4 aromatic rings. The van der Waals surface area contributed by atoms with Crippen LogP contribution in [-0.4, -0.2) is 39.3 Å². The minimum atomic E-state index is -0.564. The highest BCUT2D eigenvalue weighted by molar-refractivity contribution is 5.86. The van der Waals surface area contributed by atoms with E-state index in [0.29, 0.717) is 41.7 Å². The Bertz CT molecular complexity index is 1370. The van der Waals surface area contributed by atoms with E-state index in [1.807, 2.05) is 23.5 Å². The van der Waals surface area contributed by atoms with Crippen LogP contribution in [0.1, 0.15) is 44.3 Å². The molecule has 36 heavy (non-hydrogen) atoms. The van der Waals surface area contributed by atoms with Gasteiger partial charge in [0.25, 0.3) is 0 Å². The Labute approximate surface area is 208 Å². The summed E-state index contributed by atoms with van der Waals surface area (Å²) in [5.41, 5.74) is 8.47. The number of rotatable bonds is 7. The molecular weight excluding hydrogens is 463 g/mol. The van der Waals surface area contributed by atoms with Crippen molar-refractivity contribution in [3.05, 3.63) is 60.3 Å². The first-order valence-corrected chi connectivity index (χ1v) is 12.1. The van der Waals surface area contributed by atoms with Gasteiger partial charge in [-0.15, -0.1) is 0 Å². The molecule has 5 rings (SSSR count). The fourth-order valence-corrected chi connectivity index (χ4v) is 4.80. The monoisotopic (exact) mass is 492 g/mol. The van der Waals surface area contributed by atoms with Crippen LogP contribution in [0.4, 0.5) is 10.2 Å². The van der Waals surface area contributed by atoms with Gasteiger partial charge in [-0.3, -0.25) is 4.40 Å². The minimum absolute atomic E-state index is 0.0645. The van der Waals surface area contributed by atoms with Crippen molar-refractivity contribution >= 4 is 11.3 Å². The molecular formula is C27H29FN4O4. The number of aliphatic hydroxyl groups excluding tert-OH is 1. The van der Waals surface area contributed by atoms with E-state index in [0.717, 1.165) is 30.7 Å². The van der Waals surface area contributed by atoms with Crippen LogP contribution in [0.3, 0.4) is 0 Å². The second kappa shape index (κ2) is 10.0. The number of imidazole rings is 1. The van der Waals surface area contributed by atoms with Gasteiger partial charge in [-0.2, -0.15) is 4.39 Å². The van der Waals surface area contributed by atoms with Crippen LogP contribution in [-0.2, 0) is 0 Å². The second-order valence-electron chi connectivity index (χ2n) is 8.83. The molecule has 2 heterocycles. The summed E-state index contributed by atoms with van der Waals surface area (Å²) >= 11 is 0. The minimum Gasteiger partial charge on any atom is -0.494 e. The highest BCUT2D eigenvalue weighted by Crippen LogP contribution is 2.39. The molecule has 1 fully saturated rings. The summed E-state index contributed by atoms with van der Waals surface area (Å²) in [6.07, 6.45) is 4.52. The number of aromatic nitrogens is 3. The molecule has 1 aliphatic carbocycles. The van der Waals surface area contributed by atoms with Crippen molar-refractivity contribution in [1.82, 2.24) is 14.4 Å². The number of halogens is 1. The molecule has 3 N–H and O–H groups in total. The number of benzene rings is 2. The Morgan fingerprint density at radius 3 is 2.64 bits per heavy atom. The second-order valence-corrected chi connectivity index (χ2v) is 8.83. The molecule has 2 aromatic heterocycles. The zero-order chi connectivity index (χ0) is 25.2. The van der Waals surface area contributed by atoms with Crippen LogP contribution < -0.4 is 19.9 Å². The number of ether oxygens (including phenoxy) is 3. The van der Waals surface area contributed by atoms with Crippen LogP contribution in [0.15, 0.2) is 48.7 Å². The van der Waals surface area contributed by atoms with Gasteiger partial charge in [-0.25, -0.2) is 9.97 Å². The number of hydrogen-bond acceptors (Lipinski definition) is 7. The van der Waals surface area contributed by atoms with Crippen molar-refractivity contribution in [3.8, 4) is 34.4 Å². The number of hydrogen-bond donors (Lipinski definition) is 2. The number of nitrogens with two attached hydrogens (primary N) is 1. The van der Waals surface area contributed by atoms with E-state index in [-0.39, 0.29) is 23.5 Å². The Morgan fingerprint density at radius 2 is 1.92 bits per heavy atom. The third-order valence-electron chi connectivity index (χ3n) is 6.49. The van der Waals surface area contributed by atoms with Gasteiger partial charge < -0.3 is 25.1 Å². The van der Waals surface area contributed by atoms with Crippen molar-refractivity contribution < 1.29 is 23.7 Å². The largest absolute Gasteiger partial charge is 0.494 e. The van der Waals surface area contributed by atoms with Crippen molar-refractivity contribution in [2.24, 2.45) is 0 Å². The summed E-state index contributed by atoms with van der Waals surface area (Å²) in [5, 5.41) is 10.3. The molecule has 1 unspecified atom stereocenters. The molecule has 0 bridgehead atoms. The molecule has 1 aliphatic rings. The van der Waals surface area contributed by atoms with E-state index in [4.69, 9.17) is 24.9 Å². The average Bonchev–Trinajstić information content (AvgIpc) is 3.29. The SMILES string of the molecule is CCOc1cnc(N)c2c(-c3ccc(Oc4cccc(OC)c4F)cc3)nc([C@@H]3CCCC(O)C3)n12. The number of nitrogens with zero attached hydrogens (tertiary/aromatic N) is 3. The van der Waals surface area contributed by atoms with Crippen LogP contribution in [0.5, 0.6) is 23.1 Å². The predicted octanol–water partition coefficient (Wildman–Crippen LogP) is 5.34. The van der Waals surface area contributed by atoms with E-state index in [1.165, 1.54) is 13.2 Å². The zero-order valence-electron chi connectivity index (χ0n) is 20.3. The first kappa shape index (κ1) is 23.9. The van der Waals surface area contributed by atoms with Crippen molar-refractivity contribution in [2.75, 3.05) is 19.5 Å². The zero-order valence-corrected chi connectivity index (χ0v) is 20.3. The molecule has 8 nitrogen and oxygen atoms in total. The molecule has 188 valence electrons. The highest BCUT2D eigenvalue weighted by atomic mass is 19.1. The molecule has 2 atom stereocenters. The van der Waals surface area contributed by atoms with Gasteiger partial charge in [0.2, 0.25) is 11.7 Å². The summed E-state index contributed by atoms with van der Waals surface area (Å²) in [6, 6.07) is 11.9. The number of fused-ring (bicyclic) bond motifs is 1. The number of methoxy groups -OCH3 is 1. The predicted molar refractivity (Wildman–Crippen MR) is 134 cm³/mol. The molecule has 0 spiro atoms. The third kappa shape index (κ3) is 4.42. The number of aliphatic hydroxyl groups is 1. The van der Waals surface area contributed by atoms with E-state index < -0.39 is 5.82 Å². The maximum absolute atomic E-state index is 14.5. The van der Waals surface area contributed by atoms with Crippen LogP contribution in [0.25, 0.3) is 16.8 Å². The first-order valence-electron chi connectivity index (χ1n) is 12.1. The molecule has 0 amide bonds. The van der Waals surface area contributed by atoms with Gasteiger partial charge >= 0.3 is 0 Å². The van der Waals surface area contributed by atoms with E-state index in [2.05, 4.69) is 4.98 Å². The van der Waals surface area contributed by atoms with Crippen molar-refractivity contribution in [1.29, 1.82) is 0 Å². The average molecular weight is 493 g/mol. The lowest BCUT2D eigenvalue weighted by atomic mass is 9.87. The van der Waals surface area contributed by atoms with Crippen molar-refractivity contribution in [3.63, 3.8) is 0 Å². The Morgan fingerprint density at radius 1 is 1.14 bits per heavy atom. The lowest BCUT2D eigenvalue weighted by molar-refractivity contribution is 0.117. The summed E-state index contributed by atoms with van der Waals surface area (Å²) < 4.78 is 33.1. The molecule has 1 saturated carbocycles. The molecule has 0 aliphatic heterocycles. The third-order valence-corrected chi connectivity index (χ3v) is 6.49. The van der Waals surface area contributed by atoms with Crippen LogP contribution >= 0.6 is 0 Å². The van der Waals surface area contributed by atoms with Gasteiger partial charge in [-0.1, -0.05) is 12.5 Å². The fraction of sp³-hybridized carbons (Fsp3) is 0.333. The lowest BCUT2D eigenvalue weighted by Crippen LogP contribution is -2.20. The van der Waals surface area contributed by atoms with Gasteiger partial charge in [0.05, 0.1) is 26.0 Å². The Balaban J connectivity index is 1.55. The number of anilines is 1. The van der Waals surface area contributed by atoms with Gasteiger partial charge in [0, 0.05) is 11.5 Å². The standard InChI is InChI=1S/C27H29FN4O4/c1-3-35-22-15-30-26(29)25-24(31-27(32(22)25)17-6-4-7-18(33)14-17)16-10-12-19(13-11-16)36-21-9-5-8-20(34-2)23(21)28/h5,8-13,15,17-18,33H,3-4,6-7,14H2,1-2H3,(H2,29,30)/t17-,18?/m1/s1. The van der Waals surface area contributed by atoms with E-state index >= 15 is 0 Å². The normalized spacial score (nSPS) is 17.8.